The van der Waals surface area contributed by atoms with Crippen molar-refractivity contribution >= 4 is 17.5 Å². The number of hydrogen-bond acceptors (Lipinski definition) is 5. The minimum atomic E-state index is -0.996. The first-order chi connectivity index (χ1) is 8.04. The molecule has 0 atom stereocenters. The molecule has 7 nitrogen and oxygen atoms in total. The number of nitrogens with one attached hydrogen (secondary N) is 1. The fourth-order valence-corrected chi connectivity index (χ4v) is 1.02. The lowest BCUT2D eigenvalue weighted by molar-refractivity contribution is -0.387. The average Bonchev–Trinajstić information content (AvgIpc) is 2.28. The number of benzene rings is 1. The summed E-state index contributed by atoms with van der Waals surface area (Å²) in [5.74, 6) is -0.996. The van der Waals surface area contributed by atoms with Crippen LogP contribution in [-0.4, -0.2) is 29.3 Å². The van der Waals surface area contributed by atoms with E-state index in [-0.39, 0.29) is 18.9 Å². The van der Waals surface area contributed by atoms with E-state index >= 15 is 0 Å². The highest BCUT2D eigenvalue weighted by Crippen LogP contribution is 2.21. The van der Waals surface area contributed by atoms with Crippen molar-refractivity contribution in [1.29, 1.82) is 0 Å². The van der Waals surface area contributed by atoms with Gasteiger partial charge in [-0.25, -0.2) is 4.79 Å². The molecule has 0 bridgehead atoms. The van der Waals surface area contributed by atoms with Gasteiger partial charge in [0.1, 0.15) is 6.61 Å². The van der Waals surface area contributed by atoms with Crippen LogP contribution in [0.3, 0.4) is 0 Å². The van der Waals surface area contributed by atoms with Gasteiger partial charge in [-0.1, -0.05) is 0 Å². The van der Waals surface area contributed by atoms with Gasteiger partial charge in [0.2, 0.25) is 5.82 Å². The average molecular weight is 244 g/mol. The van der Waals surface area contributed by atoms with Crippen molar-refractivity contribution in [2.45, 2.75) is 0 Å². The van der Waals surface area contributed by atoms with Gasteiger partial charge in [0.25, 0.3) is 0 Å². The van der Waals surface area contributed by atoms with Crippen LogP contribution < -0.4 is 5.32 Å². The lowest BCUT2D eigenvalue weighted by Gasteiger charge is -2.05. The van der Waals surface area contributed by atoms with Crippen molar-refractivity contribution in [2.75, 3.05) is 18.5 Å². The number of carbonyl (C=O) groups is 1. The molecule has 1 aromatic rings. The van der Waals surface area contributed by atoms with Crippen LogP contribution in [0.2, 0.25) is 0 Å². The van der Waals surface area contributed by atoms with Crippen LogP contribution in [0.5, 0.6) is 0 Å². The minimum Gasteiger partial charge on any atom is -0.447 e. The lowest BCUT2D eigenvalue weighted by atomic mass is 10.2. The molecular weight excluding hydrogens is 235 g/mol. The molecule has 0 aliphatic carbocycles. The number of halogens is 1. The van der Waals surface area contributed by atoms with Crippen LogP contribution in [0.1, 0.15) is 0 Å². The highest BCUT2D eigenvalue weighted by Gasteiger charge is 2.15. The zero-order valence-electron chi connectivity index (χ0n) is 8.55. The predicted octanol–water partition coefficient (Wildman–Crippen LogP) is 1.27. The summed E-state index contributed by atoms with van der Waals surface area (Å²) in [6, 6.07) is 2.89. The number of amides is 1. The molecule has 1 aromatic carbocycles. The fourth-order valence-electron chi connectivity index (χ4n) is 1.02. The van der Waals surface area contributed by atoms with Gasteiger partial charge in [0.05, 0.1) is 17.2 Å². The molecule has 2 N–H and O–H groups in total. The van der Waals surface area contributed by atoms with Crippen LogP contribution in [0.4, 0.5) is 20.6 Å². The number of anilines is 1. The van der Waals surface area contributed by atoms with Gasteiger partial charge in [-0.2, -0.15) is 4.39 Å². The van der Waals surface area contributed by atoms with E-state index in [1.54, 1.807) is 0 Å². The Morgan fingerprint density at radius 1 is 1.59 bits per heavy atom. The van der Waals surface area contributed by atoms with E-state index in [2.05, 4.69) is 10.1 Å². The Morgan fingerprint density at radius 3 is 2.88 bits per heavy atom. The lowest BCUT2D eigenvalue weighted by Crippen LogP contribution is -2.15. The second-order valence-electron chi connectivity index (χ2n) is 2.91. The number of nitro groups is 1. The van der Waals surface area contributed by atoms with E-state index in [1.807, 2.05) is 0 Å². The maximum atomic E-state index is 12.9. The second kappa shape index (κ2) is 5.75. The van der Waals surface area contributed by atoms with E-state index in [0.717, 1.165) is 18.2 Å². The highest BCUT2D eigenvalue weighted by atomic mass is 19.1. The molecule has 0 heterocycles. The molecule has 0 aromatic heterocycles. The Kier molecular flexibility index (Phi) is 4.35. The van der Waals surface area contributed by atoms with E-state index in [0.29, 0.717) is 0 Å². The predicted molar refractivity (Wildman–Crippen MR) is 55.1 cm³/mol. The summed E-state index contributed by atoms with van der Waals surface area (Å²) in [6.45, 7) is -0.536. The number of aliphatic hydroxyl groups excluding tert-OH is 1. The number of aliphatic hydroxyl groups is 1. The van der Waals surface area contributed by atoms with Crippen LogP contribution in [0.25, 0.3) is 0 Å². The van der Waals surface area contributed by atoms with Gasteiger partial charge < -0.3 is 9.84 Å². The van der Waals surface area contributed by atoms with Gasteiger partial charge in [-0.05, 0) is 12.1 Å². The summed E-state index contributed by atoms with van der Waals surface area (Å²) in [5, 5.41) is 21.0. The Balaban J connectivity index is 2.75. The molecule has 8 heteroatoms. The van der Waals surface area contributed by atoms with Crippen LogP contribution in [0, 0.1) is 15.9 Å². The minimum absolute atomic E-state index is 0.0287. The highest BCUT2D eigenvalue weighted by molar-refractivity contribution is 5.85. The molecule has 0 saturated heterocycles. The molecule has 0 aliphatic rings. The van der Waals surface area contributed by atoms with E-state index < -0.39 is 22.5 Å². The second-order valence-corrected chi connectivity index (χ2v) is 2.91. The van der Waals surface area contributed by atoms with Gasteiger partial charge in [0, 0.05) is 6.07 Å². The summed E-state index contributed by atoms with van der Waals surface area (Å²) < 4.78 is 17.4. The SMILES string of the molecule is O=C(Nc1ccc(F)c([N+](=O)[O-])c1)OCCO. The summed E-state index contributed by atoms with van der Waals surface area (Å²) in [6.07, 6.45) is -0.889. The van der Waals surface area contributed by atoms with Crippen molar-refractivity contribution in [2.24, 2.45) is 0 Å². The third-order valence-corrected chi connectivity index (χ3v) is 1.71. The summed E-state index contributed by atoms with van der Waals surface area (Å²) in [4.78, 5) is 20.5. The van der Waals surface area contributed by atoms with Crippen molar-refractivity contribution in [3.63, 3.8) is 0 Å². The number of carbonyl (C=O) groups excluding carboxylic acids is 1. The Hall–Kier alpha value is -2.22. The van der Waals surface area contributed by atoms with Crippen molar-refractivity contribution in [3.8, 4) is 0 Å². The zero-order valence-corrected chi connectivity index (χ0v) is 8.55. The standard InChI is InChI=1S/C9H9FN2O5/c10-7-2-1-6(5-8(7)12(15)16)11-9(14)17-4-3-13/h1-2,5,13H,3-4H2,(H,11,14). The van der Waals surface area contributed by atoms with Gasteiger partial charge in [-0.3, -0.25) is 15.4 Å². The third kappa shape index (κ3) is 3.68. The first kappa shape index (κ1) is 12.8. The van der Waals surface area contributed by atoms with Crippen molar-refractivity contribution in [1.82, 2.24) is 0 Å². The molecule has 1 rings (SSSR count). The van der Waals surface area contributed by atoms with E-state index in [4.69, 9.17) is 5.11 Å². The van der Waals surface area contributed by atoms with Crippen molar-refractivity contribution < 1.29 is 24.0 Å². The van der Waals surface area contributed by atoms with Crippen LogP contribution in [-0.2, 0) is 4.74 Å². The van der Waals surface area contributed by atoms with Gasteiger partial charge >= 0.3 is 11.8 Å². The summed E-state index contributed by atoms with van der Waals surface area (Å²) in [5.41, 5.74) is -0.717. The maximum absolute atomic E-state index is 12.9. The van der Waals surface area contributed by atoms with Crippen LogP contribution in [0.15, 0.2) is 18.2 Å². The monoisotopic (exact) mass is 244 g/mol. The molecule has 92 valence electrons. The molecule has 0 radical (unpaired) electrons. The summed E-state index contributed by atoms with van der Waals surface area (Å²) >= 11 is 0. The molecule has 0 aliphatic heterocycles. The quantitative estimate of drug-likeness (QED) is 0.613. The molecule has 17 heavy (non-hydrogen) atoms. The molecule has 0 unspecified atom stereocenters. The largest absolute Gasteiger partial charge is 0.447 e. The topological polar surface area (TPSA) is 102 Å². The molecule has 0 fully saturated rings. The Morgan fingerprint density at radius 2 is 2.29 bits per heavy atom. The maximum Gasteiger partial charge on any atom is 0.411 e. The van der Waals surface area contributed by atoms with Gasteiger partial charge in [0.15, 0.2) is 0 Å². The third-order valence-electron chi connectivity index (χ3n) is 1.71. The summed E-state index contributed by atoms with van der Waals surface area (Å²) in [7, 11) is 0. The Labute approximate surface area is 95.0 Å². The first-order valence-electron chi connectivity index (χ1n) is 4.53. The number of nitrogens with zero attached hydrogens (tertiary/aromatic N) is 1. The van der Waals surface area contributed by atoms with Gasteiger partial charge in [-0.15, -0.1) is 0 Å². The molecule has 0 saturated carbocycles. The number of hydrogen-bond donors (Lipinski definition) is 2. The zero-order chi connectivity index (χ0) is 12.8. The normalized spacial score (nSPS) is 9.76. The number of rotatable bonds is 4. The van der Waals surface area contributed by atoms with E-state index in [1.165, 1.54) is 0 Å². The molecule has 1 amide bonds. The van der Waals surface area contributed by atoms with Crippen LogP contribution >= 0.6 is 0 Å². The Bertz CT molecular complexity index is 437. The smallest absolute Gasteiger partial charge is 0.411 e. The first-order valence-corrected chi connectivity index (χ1v) is 4.53. The fraction of sp³-hybridized carbons (Fsp3) is 0.222. The van der Waals surface area contributed by atoms with Crippen molar-refractivity contribution in [3.05, 3.63) is 34.1 Å². The van der Waals surface area contributed by atoms with E-state index in [9.17, 15) is 19.3 Å². The molecular formula is C9H9FN2O5. The molecule has 0 spiro atoms. The number of ether oxygens (including phenoxy) is 1. The number of nitro benzene ring substituents is 1.